The molecule has 0 saturated carbocycles. The minimum absolute atomic E-state index is 0.587. The second kappa shape index (κ2) is 13.2. The molecule has 0 atom stereocenters. The molecule has 262 valence electrons. The Morgan fingerprint density at radius 2 is 0.929 bits per heavy atom. The maximum absolute atomic E-state index is 6.77. The largest absolute Gasteiger partial charge is 0.455 e. The number of fused-ring (bicyclic) bond motifs is 6. The molecule has 0 saturated heterocycles. The summed E-state index contributed by atoms with van der Waals surface area (Å²) in [5, 5.41) is 3.08. The lowest BCUT2D eigenvalue weighted by Crippen LogP contribution is -2.00. The second-order valence-electron chi connectivity index (χ2n) is 13.6. The SMILES string of the molecule is c1ccc(-c2nc(-c3ccccc3)nc(-c3cccc4oc5c(-c6cccc(-c7nc(-c8ccccc8)nc8c7sc7ccccc78)c6)cccc5c34)n2)cc1. The molecule has 4 heterocycles. The van der Waals surface area contributed by atoms with Gasteiger partial charge in [0.05, 0.1) is 15.9 Å². The van der Waals surface area contributed by atoms with Gasteiger partial charge in [0.1, 0.15) is 11.2 Å². The normalized spacial score (nSPS) is 11.6. The topological polar surface area (TPSA) is 77.6 Å². The van der Waals surface area contributed by atoms with Gasteiger partial charge in [0.15, 0.2) is 23.3 Å². The van der Waals surface area contributed by atoms with Gasteiger partial charge >= 0.3 is 0 Å². The van der Waals surface area contributed by atoms with E-state index in [2.05, 4.69) is 84.9 Å². The van der Waals surface area contributed by atoms with Gasteiger partial charge in [0.25, 0.3) is 0 Å². The summed E-state index contributed by atoms with van der Waals surface area (Å²) in [5.74, 6) is 2.52. The van der Waals surface area contributed by atoms with Crippen LogP contribution in [0.4, 0.5) is 0 Å². The van der Waals surface area contributed by atoms with Gasteiger partial charge in [-0.1, -0.05) is 158 Å². The van der Waals surface area contributed by atoms with Crippen molar-refractivity contribution in [3.63, 3.8) is 0 Å². The third-order valence-electron chi connectivity index (χ3n) is 10.2. The molecule has 11 rings (SSSR count). The van der Waals surface area contributed by atoms with Crippen LogP contribution in [0.5, 0.6) is 0 Å². The van der Waals surface area contributed by atoms with Crippen LogP contribution in [-0.2, 0) is 0 Å². The Hall–Kier alpha value is -7.35. The number of thiophene rings is 1. The summed E-state index contributed by atoms with van der Waals surface area (Å²) in [4.78, 5) is 25.4. The summed E-state index contributed by atoms with van der Waals surface area (Å²) in [7, 11) is 0. The number of nitrogens with zero attached hydrogens (tertiary/aromatic N) is 5. The minimum atomic E-state index is 0.587. The molecule has 0 aliphatic heterocycles. The molecular formula is C49H29N5OS. The Labute approximate surface area is 325 Å². The smallest absolute Gasteiger partial charge is 0.164 e. The molecule has 0 amide bonds. The first-order chi connectivity index (χ1) is 27.7. The second-order valence-corrected chi connectivity index (χ2v) is 14.7. The average Bonchev–Trinajstić information content (AvgIpc) is 3.86. The van der Waals surface area contributed by atoms with Gasteiger partial charge in [0, 0.05) is 54.2 Å². The summed E-state index contributed by atoms with van der Waals surface area (Å²) in [6.07, 6.45) is 0. The lowest BCUT2D eigenvalue weighted by Gasteiger charge is -2.10. The van der Waals surface area contributed by atoms with Crippen molar-refractivity contribution in [3.05, 3.63) is 176 Å². The summed E-state index contributed by atoms with van der Waals surface area (Å²) in [6, 6.07) is 59.8. The fraction of sp³-hybridized carbons (Fsp3) is 0. The van der Waals surface area contributed by atoms with Gasteiger partial charge in [-0.25, -0.2) is 24.9 Å². The molecule has 0 aliphatic rings. The molecule has 11 aromatic rings. The van der Waals surface area contributed by atoms with Gasteiger partial charge in [-0.05, 0) is 23.8 Å². The third-order valence-corrected chi connectivity index (χ3v) is 11.3. The van der Waals surface area contributed by atoms with Crippen molar-refractivity contribution in [1.82, 2.24) is 24.9 Å². The summed E-state index contributed by atoms with van der Waals surface area (Å²) < 4.78 is 9.02. The first kappa shape index (κ1) is 32.1. The van der Waals surface area contributed by atoms with Gasteiger partial charge in [-0.15, -0.1) is 11.3 Å². The van der Waals surface area contributed by atoms with Gasteiger partial charge < -0.3 is 4.42 Å². The predicted octanol–water partition coefficient (Wildman–Crippen LogP) is 12.9. The number of aromatic nitrogens is 5. The van der Waals surface area contributed by atoms with E-state index in [4.69, 9.17) is 29.3 Å². The molecule has 0 unspecified atom stereocenters. The number of hydrogen-bond donors (Lipinski definition) is 0. The van der Waals surface area contributed by atoms with Gasteiger partial charge in [0.2, 0.25) is 0 Å². The quantitative estimate of drug-likeness (QED) is 0.169. The van der Waals surface area contributed by atoms with Crippen molar-refractivity contribution in [2.75, 3.05) is 0 Å². The van der Waals surface area contributed by atoms with Crippen LogP contribution in [0, 0.1) is 0 Å². The Kier molecular flexibility index (Phi) is 7.57. The van der Waals surface area contributed by atoms with Crippen LogP contribution in [0.1, 0.15) is 0 Å². The highest BCUT2D eigenvalue weighted by Crippen LogP contribution is 2.43. The van der Waals surface area contributed by atoms with Gasteiger partial charge in [-0.2, -0.15) is 0 Å². The summed E-state index contributed by atoms with van der Waals surface area (Å²) >= 11 is 1.73. The van der Waals surface area contributed by atoms with Gasteiger partial charge in [-0.3, -0.25) is 0 Å². The molecule has 0 spiro atoms. The van der Waals surface area contributed by atoms with Crippen molar-refractivity contribution in [1.29, 1.82) is 0 Å². The molecule has 7 heteroatoms. The highest BCUT2D eigenvalue weighted by atomic mass is 32.1. The van der Waals surface area contributed by atoms with Crippen LogP contribution >= 0.6 is 11.3 Å². The lowest BCUT2D eigenvalue weighted by atomic mass is 9.98. The van der Waals surface area contributed by atoms with E-state index in [1.54, 1.807) is 11.3 Å². The van der Waals surface area contributed by atoms with Crippen molar-refractivity contribution in [2.45, 2.75) is 0 Å². The van der Waals surface area contributed by atoms with Crippen LogP contribution in [-0.4, -0.2) is 24.9 Å². The van der Waals surface area contributed by atoms with E-state index in [0.29, 0.717) is 23.3 Å². The minimum Gasteiger partial charge on any atom is -0.455 e. The van der Waals surface area contributed by atoms with Crippen molar-refractivity contribution in [3.8, 4) is 67.9 Å². The maximum Gasteiger partial charge on any atom is 0.164 e. The van der Waals surface area contributed by atoms with Crippen LogP contribution in [0.3, 0.4) is 0 Å². The molecule has 0 bridgehead atoms. The van der Waals surface area contributed by atoms with Crippen LogP contribution in [0.2, 0.25) is 0 Å². The fourth-order valence-corrected chi connectivity index (χ4v) is 8.68. The third kappa shape index (κ3) is 5.44. The van der Waals surface area contributed by atoms with E-state index in [1.165, 1.54) is 4.70 Å². The Morgan fingerprint density at radius 3 is 1.64 bits per heavy atom. The monoisotopic (exact) mass is 735 g/mol. The van der Waals surface area contributed by atoms with Crippen molar-refractivity contribution in [2.24, 2.45) is 0 Å². The predicted molar refractivity (Wildman–Crippen MR) is 228 cm³/mol. The number of furan rings is 1. The van der Waals surface area contributed by atoms with E-state index < -0.39 is 0 Å². The standard InChI is InChI=1S/C49H29N5OS/c1-4-15-30(16-5-1)46-50-42(45-43(51-46)36-23-10-11-28-40(36)56-45)34-22-12-21-33(29-34)35-24-13-25-37-41-38(26-14-27-39(41)55-44(35)37)49-53-47(31-17-6-2-7-18-31)52-48(54-49)32-19-8-3-9-20-32/h1-29H. The zero-order valence-electron chi connectivity index (χ0n) is 29.8. The molecule has 6 nitrogen and oxygen atoms in total. The van der Waals surface area contributed by atoms with Crippen LogP contribution in [0.25, 0.3) is 110 Å². The molecule has 7 aromatic carbocycles. The molecule has 0 aliphatic carbocycles. The Bertz CT molecular complexity index is 3190. The lowest BCUT2D eigenvalue weighted by molar-refractivity contribution is 0.670. The van der Waals surface area contributed by atoms with Crippen molar-refractivity contribution < 1.29 is 4.42 Å². The highest BCUT2D eigenvalue weighted by molar-refractivity contribution is 7.26. The fourth-order valence-electron chi connectivity index (χ4n) is 7.53. The molecule has 0 radical (unpaired) electrons. The van der Waals surface area contributed by atoms with E-state index in [-0.39, 0.29) is 0 Å². The van der Waals surface area contributed by atoms with E-state index in [0.717, 1.165) is 82.2 Å². The summed E-state index contributed by atoms with van der Waals surface area (Å²) in [6.45, 7) is 0. The van der Waals surface area contributed by atoms with Crippen molar-refractivity contribution >= 4 is 53.6 Å². The first-order valence-corrected chi connectivity index (χ1v) is 19.2. The molecule has 56 heavy (non-hydrogen) atoms. The zero-order valence-corrected chi connectivity index (χ0v) is 30.6. The van der Waals surface area contributed by atoms with E-state index in [1.807, 2.05) is 91.0 Å². The van der Waals surface area contributed by atoms with Crippen LogP contribution < -0.4 is 0 Å². The van der Waals surface area contributed by atoms with Crippen LogP contribution in [0.15, 0.2) is 180 Å². The first-order valence-electron chi connectivity index (χ1n) is 18.4. The molecule has 0 N–H and O–H groups in total. The Balaban J connectivity index is 1.09. The summed E-state index contributed by atoms with van der Waals surface area (Å²) in [5.41, 5.74) is 10.2. The number of rotatable bonds is 6. The Morgan fingerprint density at radius 1 is 0.393 bits per heavy atom. The average molecular weight is 736 g/mol. The molecular weight excluding hydrogens is 707 g/mol. The number of benzene rings is 7. The van der Waals surface area contributed by atoms with E-state index in [9.17, 15) is 0 Å². The van der Waals surface area contributed by atoms with E-state index >= 15 is 0 Å². The number of hydrogen-bond acceptors (Lipinski definition) is 7. The zero-order chi connectivity index (χ0) is 37.0. The highest BCUT2D eigenvalue weighted by Gasteiger charge is 2.21. The number of para-hydroxylation sites is 1. The molecule has 0 fully saturated rings. The molecule has 4 aromatic heterocycles. The maximum atomic E-state index is 6.77.